The van der Waals surface area contributed by atoms with Gasteiger partial charge in [-0.05, 0) is 25.7 Å². The summed E-state index contributed by atoms with van der Waals surface area (Å²) in [6.07, 6.45) is 22.4. The van der Waals surface area contributed by atoms with Gasteiger partial charge in [0.15, 0.2) is 0 Å². The fourth-order valence-electron chi connectivity index (χ4n) is 2.07. The maximum absolute atomic E-state index is 8.58. The molecule has 0 aliphatic heterocycles. The topological polar surface area (TPSA) is 34.1 Å². The summed E-state index contributed by atoms with van der Waals surface area (Å²) < 4.78 is 17.2. The molecule has 0 N–H and O–H groups in total. The van der Waals surface area contributed by atoms with Crippen LogP contribution in [0.4, 0.5) is 0 Å². The van der Waals surface area contributed by atoms with E-state index in [4.69, 9.17) is 2.32 Å². The van der Waals surface area contributed by atoms with Gasteiger partial charge in [0.2, 0.25) is 0 Å². The maximum atomic E-state index is 8.58. The molecule has 0 aromatic heterocycles. The second-order valence-electron chi connectivity index (χ2n) is 5.17. The van der Waals surface area contributed by atoms with Gasteiger partial charge in [-0.3, -0.25) is 0 Å². The van der Waals surface area contributed by atoms with Gasteiger partial charge in [0.05, 0.1) is 0 Å². The second kappa shape index (κ2) is 24.7. The zero-order chi connectivity index (χ0) is 15.3. The van der Waals surface area contributed by atoms with Crippen LogP contribution in [0.5, 0.6) is 0 Å². The Morgan fingerprint density at radius 1 is 0.750 bits per heavy atom. The standard InChI is InChI=1S/C17H33.2O.Th/c1-3-5-7-9-11-13-15-17-16-14-12-10-8-6-4-2;;;/h15,17H,1,3-14,16H2,2H3;;;/q-1;;;/b17-15-;;;. The predicted molar refractivity (Wildman–Crippen MR) is 81.6 cm³/mol. The molecule has 0 aliphatic rings. The van der Waals surface area contributed by atoms with Crippen molar-refractivity contribution in [2.75, 3.05) is 0 Å². The molecule has 0 aromatic carbocycles. The summed E-state index contributed by atoms with van der Waals surface area (Å²) >= 11 is -2.51. The molecule has 0 saturated carbocycles. The van der Waals surface area contributed by atoms with Crippen molar-refractivity contribution in [2.45, 2.75) is 90.4 Å². The van der Waals surface area contributed by atoms with Gasteiger partial charge in [-0.2, -0.15) is 6.42 Å². The van der Waals surface area contributed by atoms with E-state index in [0.717, 1.165) is 6.42 Å². The van der Waals surface area contributed by atoms with Gasteiger partial charge in [-0.15, -0.1) is 0 Å². The van der Waals surface area contributed by atoms with E-state index in [-0.39, 0.29) is 0 Å². The molecule has 0 saturated heterocycles. The van der Waals surface area contributed by atoms with E-state index in [1.54, 1.807) is 0 Å². The van der Waals surface area contributed by atoms with Crippen LogP contribution in [-0.4, -0.2) is 0 Å². The van der Waals surface area contributed by atoms with Crippen LogP contribution in [0.2, 0.25) is 0 Å². The molecular weight excluding hydrogens is 468 g/mol. The Morgan fingerprint density at radius 3 is 1.60 bits per heavy atom. The third-order valence-electron chi connectivity index (χ3n) is 3.26. The van der Waals surface area contributed by atoms with Crippen LogP contribution in [0.1, 0.15) is 90.4 Å². The molecule has 0 unspecified atom stereocenters. The molecule has 0 heterocycles. The first kappa shape index (κ1) is 22.9. The quantitative estimate of drug-likeness (QED) is 0.170. The van der Waals surface area contributed by atoms with E-state index in [1.165, 1.54) is 77.0 Å². The van der Waals surface area contributed by atoms with Gasteiger partial charge < -0.3 is 6.92 Å². The van der Waals surface area contributed by atoms with Crippen molar-refractivity contribution in [3.8, 4) is 0 Å². The normalized spacial score (nSPS) is 10.1. The van der Waals surface area contributed by atoms with Crippen LogP contribution in [0.25, 0.3) is 0 Å². The Balaban J connectivity index is 0. The van der Waals surface area contributed by atoms with E-state index in [0.29, 0.717) is 0 Å². The SMILES string of the molecule is [CH2-]CCCCCC/C=C\CCCCCCCC.[O]=[Th]=[O]. The molecule has 20 heavy (non-hydrogen) atoms. The van der Waals surface area contributed by atoms with Crippen molar-refractivity contribution in [3.63, 3.8) is 0 Å². The summed E-state index contributed by atoms with van der Waals surface area (Å²) in [5, 5.41) is 0. The Morgan fingerprint density at radius 2 is 1.15 bits per heavy atom. The van der Waals surface area contributed by atoms with Crippen LogP contribution in [-0.2, 0) is 2.32 Å². The number of rotatable bonds is 13. The molecule has 0 fully saturated rings. The van der Waals surface area contributed by atoms with Crippen molar-refractivity contribution < 1.29 is 38.4 Å². The van der Waals surface area contributed by atoms with E-state index in [1.807, 2.05) is 0 Å². The zero-order valence-corrected chi connectivity index (χ0v) is 17.5. The summed E-state index contributed by atoms with van der Waals surface area (Å²) in [7, 11) is 0. The van der Waals surface area contributed by atoms with Crippen LogP contribution in [0, 0.1) is 43.0 Å². The molecule has 118 valence electrons. The number of unbranched alkanes of at least 4 members (excludes halogenated alkanes) is 11. The van der Waals surface area contributed by atoms with Crippen molar-refractivity contribution >= 4 is 0 Å². The predicted octanol–water partition coefficient (Wildman–Crippen LogP) is 6.23. The number of hydrogen-bond acceptors (Lipinski definition) is 2. The van der Waals surface area contributed by atoms with Crippen LogP contribution >= 0.6 is 0 Å². The molecule has 0 rings (SSSR count). The first-order valence-corrected chi connectivity index (χ1v) is 11.6. The molecular formula is C17H33O2Th-. The summed E-state index contributed by atoms with van der Waals surface area (Å²) in [4.78, 5) is 0. The molecule has 0 atom stereocenters. The number of hydrogen-bond donors (Lipinski definition) is 0. The molecule has 3 heteroatoms. The van der Waals surface area contributed by atoms with Gasteiger partial charge >= 0.3 is 38.4 Å². The van der Waals surface area contributed by atoms with Crippen molar-refractivity contribution in [1.29, 1.82) is 0 Å². The Kier molecular flexibility index (Phi) is 28.3. The summed E-state index contributed by atoms with van der Waals surface area (Å²) in [5.74, 6) is 0. The van der Waals surface area contributed by atoms with E-state index < -0.39 is 36.1 Å². The van der Waals surface area contributed by atoms with Crippen molar-refractivity contribution in [1.82, 2.24) is 0 Å². The average Bonchev–Trinajstić information content (AvgIpc) is 2.45. The molecule has 0 amide bonds. The fourth-order valence-corrected chi connectivity index (χ4v) is 2.07. The van der Waals surface area contributed by atoms with Crippen LogP contribution in [0.15, 0.2) is 12.2 Å². The molecule has 0 aromatic rings. The Labute approximate surface area is 147 Å². The molecule has 2 nitrogen and oxygen atoms in total. The monoisotopic (exact) mass is 501 g/mol. The summed E-state index contributed by atoms with van der Waals surface area (Å²) in [6.45, 7) is 6.14. The summed E-state index contributed by atoms with van der Waals surface area (Å²) in [5.41, 5.74) is 0. The van der Waals surface area contributed by atoms with Gasteiger partial charge in [-0.1, -0.05) is 70.4 Å². The summed E-state index contributed by atoms with van der Waals surface area (Å²) in [6, 6.07) is 0. The number of allylic oxidation sites excluding steroid dienone is 2. The molecule has 0 bridgehead atoms. The van der Waals surface area contributed by atoms with E-state index >= 15 is 0 Å². The van der Waals surface area contributed by atoms with Crippen LogP contribution in [0.3, 0.4) is 0 Å². The zero-order valence-electron chi connectivity index (χ0n) is 13.4. The van der Waals surface area contributed by atoms with Gasteiger partial charge in [0, 0.05) is 0 Å². The molecule has 0 spiro atoms. The minimum absolute atomic E-state index is 1.11. The Hall–Kier alpha value is 0.665. The van der Waals surface area contributed by atoms with Gasteiger partial charge in [-0.25, -0.2) is 0 Å². The average molecular weight is 501 g/mol. The van der Waals surface area contributed by atoms with E-state index in [9.17, 15) is 0 Å². The van der Waals surface area contributed by atoms with Crippen molar-refractivity contribution in [2.24, 2.45) is 0 Å². The van der Waals surface area contributed by atoms with Crippen LogP contribution < -0.4 is 0 Å². The Bertz CT molecular complexity index is 221. The first-order valence-electron chi connectivity index (χ1n) is 8.27. The van der Waals surface area contributed by atoms with Crippen molar-refractivity contribution in [3.05, 3.63) is 19.1 Å². The third-order valence-corrected chi connectivity index (χ3v) is 3.26. The fraction of sp³-hybridized carbons (Fsp3) is 0.824. The minimum atomic E-state index is -2.51. The van der Waals surface area contributed by atoms with E-state index in [2.05, 4.69) is 26.0 Å². The molecule has 0 aliphatic carbocycles. The second-order valence-corrected chi connectivity index (χ2v) is 5.85. The van der Waals surface area contributed by atoms with Gasteiger partial charge in [0.1, 0.15) is 0 Å². The molecule has 0 radical (unpaired) electrons. The van der Waals surface area contributed by atoms with Gasteiger partial charge in [0.25, 0.3) is 0 Å². The third kappa shape index (κ3) is 27.1. The first-order chi connectivity index (χ1) is 9.83.